The Bertz CT molecular complexity index is 776. The van der Waals surface area contributed by atoms with E-state index in [-0.39, 0.29) is 11.9 Å². The Labute approximate surface area is 139 Å². The van der Waals surface area contributed by atoms with Gasteiger partial charge < -0.3 is 15.5 Å². The zero-order valence-electron chi connectivity index (χ0n) is 12.6. The lowest BCUT2D eigenvalue weighted by Crippen LogP contribution is -2.25. The molecule has 1 aliphatic heterocycles. The molecule has 0 saturated heterocycles. The van der Waals surface area contributed by atoms with Gasteiger partial charge in [-0.1, -0.05) is 17.7 Å². The molecule has 3 rings (SSSR count). The summed E-state index contributed by atoms with van der Waals surface area (Å²) >= 11 is 5.89. The van der Waals surface area contributed by atoms with Crippen molar-refractivity contribution in [1.29, 1.82) is 0 Å². The van der Waals surface area contributed by atoms with E-state index >= 15 is 0 Å². The summed E-state index contributed by atoms with van der Waals surface area (Å²) in [6.45, 7) is 2.24. The summed E-state index contributed by atoms with van der Waals surface area (Å²) in [5.41, 5.74) is 3.28. The molecule has 5 nitrogen and oxygen atoms in total. The van der Waals surface area contributed by atoms with E-state index in [1.165, 1.54) is 0 Å². The number of carbonyl (C=O) groups excluding carboxylic acids is 2. The maximum atomic E-state index is 12.0. The second kappa shape index (κ2) is 6.30. The first-order valence-corrected chi connectivity index (χ1v) is 7.65. The number of amides is 3. The van der Waals surface area contributed by atoms with Crippen molar-refractivity contribution in [3.8, 4) is 0 Å². The number of benzene rings is 2. The molecule has 6 heteroatoms. The van der Waals surface area contributed by atoms with Crippen molar-refractivity contribution < 1.29 is 9.59 Å². The van der Waals surface area contributed by atoms with E-state index in [2.05, 4.69) is 10.6 Å². The van der Waals surface area contributed by atoms with Gasteiger partial charge in [0, 0.05) is 35.6 Å². The number of hydrogen-bond donors (Lipinski definition) is 2. The first-order chi connectivity index (χ1) is 11.0. The predicted molar refractivity (Wildman–Crippen MR) is 92.3 cm³/mol. The van der Waals surface area contributed by atoms with Crippen molar-refractivity contribution in [3.63, 3.8) is 0 Å². The second-order valence-corrected chi connectivity index (χ2v) is 5.79. The normalized spacial score (nSPS) is 12.7. The van der Waals surface area contributed by atoms with Crippen molar-refractivity contribution in [2.45, 2.75) is 13.3 Å². The maximum Gasteiger partial charge on any atom is 0.323 e. The highest BCUT2D eigenvalue weighted by atomic mass is 35.5. The third-order valence-electron chi connectivity index (χ3n) is 3.70. The van der Waals surface area contributed by atoms with Crippen LogP contribution in [-0.2, 0) is 11.2 Å². The van der Waals surface area contributed by atoms with E-state index in [4.69, 9.17) is 11.6 Å². The smallest absolute Gasteiger partial charge is 0.312 e. The summed E-state index contributed by atoms with van der Waals surface area (Å²) in [5.74, 6) is 0.0307. The molecule has 0 saturated carbocycles. The van der Waals surface area contributed by atoms with Crippen LogP contribution in [0.4, 0.5) is 21.9 Å². The van der Waals surface area contributed by atoms with Gasteiger partial charge in [-0.25, -0.2) is 4.79 Å². The number of anilines is 3. The minimum Gasteiger partial charge on any atom is -0.312 e. The van der Waals surface area contributed by atoms with Gasteiger partial charge in [0.1, 0.15) is 0 Å². The van der Waals surface area contributed by atoms with Crippen molar-refractivity contribution in [2.24, 2.45) is 0 Å². The SMILES string of the molecule is CC(=O)N1CCc2cc(NC(=O)Nc3cccc(Cl)c3)ccc21. The van der Waals surface area contributed by atoms with E-state index in [0.29, 0.717) is 22.9 Å². The highest BCUT2D eigenvalue weighted by Gasteiger charge is 2.22. The monoisotopic (exact) mass is 329 g/mol. The van der Waals surface area contributed by atoms with Gasteiger partial charge in [0.15, 0.2) is 0 Å². The fourth-order valence-corrected chi connectivity index (χ4v) is 2.86. The highest BCUT2D eigenvalue weighted by Crippen LogP contribution is 2.30. The molecule has 2 aromatic carbocycles. The number of fused-ring (bicyclic) bond motifs is 1. The number of nitrogens with one attached hydrogen (secondary N) is 2. The largest absolute Gasteiger partial charge is 0.323 e. The number of carbonyl (C=O) groups is 2. The van der Waals surface area contributed by atoms with Gasteiger partial charge in [-0.05, 0) is 48.4 Å². The van der Waals surface area contributed by atoms with Crippen LogP contribution in [0.3, 0.4) is 0 Å². The Balaban J connectivity index is 1.69. The number of hydrogen-bond acceptors (Lipinski definition) is 2. The Morgan fingerprint density at radius 2 is 1.83 bits per heavy atom. The molecule has 0 unspecified atom stereocenters. The minimum atomic E-state index is -0.339. The molecular weight excluding hydrogens is 314 g/mol. The summed E-state index contributed by atoms with van der Waals surface area (Å²) in [5, 5.41) is 6.07. The quantitative estimate of drug-likeness (QED) is 0.878. The van der Waals surface area contributed by atoms with Crippen LogP contribution in [0.15, 0.2) is 42.5 Å². The van der Waals surface area contributed by atoms with Crippen molar-refractivity contribution in [2.75, 3.05) is 22.1 Å². The topological polar surface area (TPSA) is 61.4 Å². The summed E-state index contributed by atoms with van der Waals surface area (Å²) in [4.78, 5) is 25.3. The lowest BCUT2D eigenvalue weighted by molar-refractivity contribution is -0.116. The van der Waals surface area contributed by atoms with Crippen molar-refractivity contribution in [1.82, 2.24) is 0 Å². The van der Waals surface area contributed by atoms with Crippen LogP contribution >= 0.6 is 11.6 Å². The molecule has 0 aliphatic carbocycles. The van der Waals surface area contributed by atoms with Crippen LogP contribution in [0, 0.1) is 0 Å². The van der Waals surface area contributed by atoms with E-state index in [9.17, 15) is 9.59 Å². The molecule has 0 fully saturated rings. The van der Waals surface area contributed by atoms with Crippen LogP contribution in [0.25, 0.3) is 0 Å². The molecule has 0 bridgehead atoms. The second-order valence-electron chi connectivity index (χ2n) is 5.35. The molecule has 0 aromatic heterocycles. The number of rotatable bonds is 2. The number of halogens is 1. The predicted octanol–water partition coefficient (Wildman–Crippen LogP) is 3.89. The Morgan fingerprint density at radius 3 is 2.52 bits per heavy atom. The van der Waals surface area contributed by atoms with Crippen LogP contribution < -0.4 is 15.5 Å². The lowest BCUT2D eigenvalue weighted by atomic mass is 10.1. The average molecular weight is 330 g/mol. The summed E-state index contributed by atoms with van der Waals surface area (Å²) in [6.07, 6.45) is 0.792. The molecule has 2 aromatic rings. The summed E-state index contributed by atoms with van der Waals surface area (Å²) in [6, 6.07) is 12.2. The molecule has 2 N–H and O–H groups in total. The molecule has 23 heavy (non-hydrogen) atoms. The lowest BCUT2D eigenvalue weighted by Gasteiger charge is -2.15. The molecular formula is C17H16ClN3O2. The fourth-order valence-electron chi connectivity index (χ4n) is 2.67. The van der Waals surface area contributed by atoms with Crippen LogP contribution in [-0.4, -0.2) is 18.5 Å². The van der Waals surface area contributed by atoms with Gasteiger partial charge in [-0.2, -0.15) is 0 Å². The van der Waals surface area contributed by atoms with E-state index in [1.807, 2.05) is 12.1 Å². The minimum absolute atomic E-state index is 0.0307. The van der Waals surface area contributed by atoms with Gasteiger partial charge in [-0.3, -0.25) is 4.79 Å². The first kappa shape index (κ1) is 15.4. The average Bonchev–Trinajstić information content (AvgIpc) is 2.90. The summed E-state index contributed by atoms with van der Waals surface area (Å²) in [7, 11) is 0. The highest BCUT2D eigenvalue weighted by molar-refractivity contribution is 6.30. The van der Waals surface area contributed by atoms with Crippen molar-refractivity contribution in [3.05, 3.63) is 53.1 Å². The molecule has 118 valence electrons. The standard InChI is InChI=1S/C17H16ClN3O2/c1-11(22)21-8-7-12-9-15(5-6-16(12)21)20-17(23)19-14-4-2-3-13(18)10-14/h2-6,9-10H,7-8H2,1H3,(H2,19,20,23). The van der Waals surface area contributed by atoms with Gasteiger partial charge >= 0.3 is 6.03 Å². The molecule has 0 radical (unpaired) electrons. The van der Waals surface area contributed by atoms with Gasteiger partial charge in [0.25, 0.3) is 0 Å². The zero-order valence-corrected chi connectivity index (χ0v) is 13.4. The first-order valence-electron chi connectivity index (χ1n) is 7.27. The third-order valence-corrected chi connectivity index (χ3v) is 3.93. The van der Waals surface area contributed by atoms with E-state index in [0.717, 1.165) is 17.7 Å². The molecule has 3 amide bonds. The van der Waals surface area contributed by atoms with Crippen LogP contribution in [0.1, 0.15) is 12.5 Å². The third kappa shape index (κ3) is 3.46. The zero-order chi connectivity index (χ0) is 16.4. The molecule has 1 aliphatic rings. The Morgan fingerprint density at radius 1 is 1.09 bits per heavy atom. The Kier molecular flexibility index (Phi) is 4.21. The Hall–Kier alpha value is -2.53. The maximum absolute atomic E-state index is 12.0. The van der Waals surface area contributed by atoms with Gasteiger partial charge in [0.05, 0.1) is 0 Å². The van der Waals surface area contributed by atoms with Crippen LogP contribution in [0.5, 0.6) is 0 Å². The van der Waals surface area contributed by atoms with E-state index < -0.39 is 0 Å². The molecule has 0 spiro atoms. The summed E-state index contributed by atoms with van der Waals surface area (Å²) < 4.78 is 0. The number of nitrogens with zero attached hydrogens (tertiary/aromatic N) is 1. The van der Waals surface area contributed by atoms with Crippen LogP contribution in [0.2, 0.25) is 5.02 Å². The van der Waals surface area contributed by atoms with Gasteiger partial charge in [-0.15, -0.1) is 0 Å². The van der Waals surface area contributed by atoms with Gasteiger partial charge in [0.2, 0.25) is 5.91 Å². The van der Waals surface area contributed by atoms with E-state index in [1.54, 1.807) is 42.2 Å². The fraction of sp³-hybridized carbons (Fsp3) is 0.176. The molecule has 1 heterocycles. The van der Waals surface area contributed by atoms with Crippen molar-refractivity contribution >= 4 is 40.6 Å². The molecule has 0 atom stereocenters. The number of urea groups is 1.